The van der Waals surface area contributed by atoms with Gasteiger partial charge in [-0.05, 0) is 62.4 Å². The molecule has 120 valence electrons. The van der Waals surface area contributed by atoms with E-state index in [1.54, 1.807) is 12.1 Å². The van der Waals surface area contributed by atoms with E-state index < -0.39 is 0 Å². The quantitative estimate of drug-likeness (QED) is 0.828. The van der Waals surface area contributed by atoms with E-state index in [-0.39, 0.29) is 17.8 Å². The third kappa shape index (κ3) is 3.44. The molecule has 0 spiro atoms. The molecule has 1 aliphatic rings. The van der Waals surface area contributed by atoms with Crippen LogP contribution >= 0.6 is 0 Å². The summed E-state index contributed by atoms with van der Waals surface area (Å²) in [5.41, 5.74) is 3.85. The fraction of sp³-hybridized carbons (Fsp3) is 0.350. The van der Waals surface area contributed by atoms with Gasteiger partial charge in [0.25, 0.3) is 5.91 Å². The van der Waals surface area contributed by atoms with Crippen LogP contribution in [0.15, 0.2) is 42.5 Å². The number of likely N-dealkylation sites (tertiary alicyclic amines) is 1. The Kier molecular flexibility index (Phi) is 4.46. The second-order valence-electron chi connectivity index (χ2n) is 6.45. The zero-order valence-corrected chi connectivity index (χ0v) is 13.7. The van der Waals surface area contributed by atoms with Crippen LogP contribution in [-0.2, 0) is 6.42 Å². The van der Waals surface area contributed by atoms with Gasteiger partial charge in [-0.3, -0.25) is 4.79 Å². The Balaban J connectivity index is 1.81. The first-order chi connectivity index (χ1) is 11.0. The first-order valence-corrected chi connectivity index (χ1v) is 8.17. The fourth-order valence-corrected chi connectivity index (χ4v) is 3.37. The lowest BCUT2D eigenvalue weighted by Crippen LogP contribution is -2.37. The van der Waals surface area contributed by atoms with Crippen molar-refractivity contribution in [2.24, 2.45) is 0 Å². The van der Waals surface area contributed by atoms with E-state index in [0.29, 0.717) is 6.42 Å². The number of nitrogens with zero attached hydrogens (tertiary/aromatic N) is 1. The molecule has 0 N–H and O–H groups in total. The van der Waals surface area contributed by atoms with Gasteiger partial charge >= 0.3 is 0 Å². The maximum Gasteiger partial charge on any atom is 0.254 e. The van der Waals surface area contributed by atoms with E-state index in [2.05, 4.69) is 0 Å². The number of benzene rings is 2. The van der Waals surface area contributed by atoms with E-state index in [9.17, 15) is 9.18 Å². The van der Waals surface area contributed by atoms with Crippen molar-refractivity contribution in [3.63, 3.8) is 0 Å². The molecule has 1 aliphatic heterocycles. The predicted molar refractivity (Wildman–Crippen MR) is 90.1 cm³/mol. The number of aryl methyl sites for hydroxylation is 2. The summed E-state index contributed by atoms with van der Waals surface area (Å²) in [7, 11) is 0. The summed E-state index contributed by atoms with van der Waals surface area (Å²) in [6, 6.07) is 12.8. The number of hydrogen-bond donors (Lipinski definition) is 0. The van der Waals surface area contributed by atoms with Crippen molar-refractivity contribution >= 4 is 5.91 Å². The van der Waals surface area contributed by atoms with Gasteiger partial charge in [-0.1, -0.05) is 29.8 Å². The van der Waals surface area contributed by atoms with Crippen LogP contribution in [0.5, 0.6) is 0 Å². The maximum absolute atomic E-state index is 13.4. The van der Waals surface area contributed by atoms with Crippen LogP contribution in [0.4, 0.5) is 4.39 Å². The lowest BCUT2D eigenvalue weighted by Gasteiger charge is -2.26. The molecule has 2 aromatic rings. The SMILES string of the molecule is Cc1ccc(C)c(C(=O)N2CCCC2Cc2cccc(F)c2)c1. The van der Waals surface area contributed by atoms with E-state index in [0.717, 1.165) is 41.6 Å². The standard InChI is InChI=1S/C20H22FNO/c1-14-8-9-15(2)19(11-14)20(23)22-10-4-7-18(22)13-16-5-3-6-17(21)12-16/h3,5-6,8-9,11-12,18H,4,7,10,13H2,1-2H3. The van der Waals surface area contributed by atoms with Crippen molar-refractivity contribution in [2.75, 3.05) is 6.54 Å². The summed E-state index contributed by atoms with van der Waals surface area (Å²) < 4.78 is 13.4. The highest BCUT2D eigenvalue weighted by molar-refractivity contribution is 5.96. The average molecular weight is 311 g/mol. The molecule has 3 heteroatoms. The molecule has 1 saturated heterocycles. The summed E-state index contributed by atoms with van der Waals surface area (Å²) in [6.07, 6.45) is 2.71. The van der Waals surface area contributed by atoms with Gasteiger partial charge in [-0.25, -0.2) is 4.39 Å². The summed E-state index contributed by atoms with van der Waals surface area (Å²) >= 11 is 0. The fourth-order valence-electron chi connectivity index (χ4n) is 3.37. The van der Waals surface area contributed by atoms with E-state index >= 15 is 0 Å². The first-order valence-electron chi connectivity index (χ1n) is 8.17. The average Bonchev–Trinajstić information content (AvgIpc) is 2.97. The van der Waals surface area contributed by atoms with Crippen molar-refractivity contribution in [2.45, 2.75) is 39.2 Å². The van der Waals surface area contributed by atoms with Crippen LogP contribution in [0.1, 0.15) is 39.9 Å². The van der Waals surface area contributed by atoms with Gasteiger partial charge in [0, 0.05) is 18.2 Å². The Morgan fingerprint density at radius 1 is 1.22 bits per heavy atom. The van der Waals surface area contributed by atoms with Gasteiger partial charge in [0.05, 0.1) is 0 Å². The second-order valence-corrected chi connectivity index (χ2v) is 6.45. The number of halogens is 1. The Bertz CT molecular complexity index is 725. The highest BCUT2D eigenvalue weighted by Crippen LogP contribution is 2.25. The highest BCUT2D eigenvalue weighted by atomic mass is 19.1. The van der Waals surface area contributed by atoms with Crippen molar-refractivity contribution in [3.05, 3.63) is 70.5 Å². The van der Waals surface area contributed by atoms with Gasteiger partial charge in [0.1, 0.15) is 5.82 Å². The van der Waals surface area contributed by atoms with Crippen LogP contribution in [0.2, 0.25) is 0 Å². The monoisotopic (exact) mass is 311 g/mol. The number of amides is 1. The Morgan fingerprint density at radius 3 is 2.83 bits per heavy atom. The van der Waals surface area contributed by atoms with Gasteiger partial charge in [-0.2, -0.15) is 0 Å². The Hall–Kier alpha value is -2.16. The van der Waals surface area contributed by atoms with Crippen LogP contribution in [-0.4, -0.2) is 23.4 Å². The van der Waals surface area contributed by atoms with Crippen LogP contribution in [0, 0.1) is 19.7 Å². The van der Waals surface area contributed by atoms with Crippen molar-refractivity contribution in [1.29, 1.82) is 0 Å². The van der Waals surface area contributed by atoms with Crippen LogP contribution in [0.25, 0.3) is 0 Å². The largest absolute Gasteiger partial charge is 0.335 e. The van der Waals surface area contributed by atoms with Gasteiger partial charge in [-0.15, -0.1) is 0 Å². The van der Waals surface area contributed by atoms with Crippen molar-refractivity contribution < 1.29 is 9.18 Å². The highest BCUT2D eigenvalue weighted by Gasteiger charge is 2.30. The molecule has 3 rings (SSSR count). The first kappa shape index (κ1) is 15.7. The summed E-state index contributed by atoms with van der Waals surface area (Å²) in [4.78, 5) is 14.9. The third-order valence-electron chi connectivity index (χ3n) is 4.62. The lowest BCUT2D eigenvalue weighted by atomic mass is 10.0. The molecule has 1 heterocycles. The van der Waals surface area contributed by atoms with Crippen molar-refractivity contribution in [1.82, 2.24) is 4.90 Å². The molecule has 0 aromatic heterocycles. The molecule has 23 heavy (non-hydrogen) atoms. The molecule has 1 fully saturated rings. The normalized spacial score (nSPS) is 17.5. The molecule has 1 atom stereocenters. The number of rotatable bonds is 3. The molecule has 0 aliphatic carbocycles. The molecule has 0 saturated carbocycles. The minimum Gasteiger partial charge on any atom is -0.335 e. The summed E-state index contributed by atoms with van der Waals surface area (Å²) in [5.74, 6) is -0.113. The molecule has 2 nitrogen and oxygen atoms in total. The number of carbonyl (C=O) groups excluding carboxylic acids is 1. The molecule has 0 radical (unpaired) electrons. The molecule has 2 aromatic carbocycles. The van der Waals surface area contributed by atoms with Gasteiger partial charge < -0.3 is 4.90 Å². The molecule has 1 unspecified atom stereocenters. The smallest absolute Gasteiger partial charge is 0.254 e. The molecule has 0 bridgehead atoms. The van der Waals surface area contributed by atoms with Gasteiger partial charge in [0.2, 0.25) is 0 Å². The molecular formula is C20H22FNO. The number of carbonyl (C=O) groups is 1. The maximum atomic E-state index is 13.4. The summed E-state index contributed by atoms with van der Waals surface area (Å²) in [6.45, 7) is 4.76. The minimum absolute atomic E-state index is 0.102. The Labute approximate surface area is 136 Å². The third-order valence-corrected chi connectivity index (χ3v) is 4.62. The Morgan fingerprint density at radius 2 is 2.04 bits per heavy atom. The lowest BCUT2D eigenvalue weighted by molar-refractivity contribution is 0.0735. The number of hydrogen-bond acceptors (Lipinski definition) is 1. The minimum atomic E-state index is -0.215. The van der Waals surface area contributed by atoms with E-state index in [1.807, 2.05) is 43.0 Å². The summed E-state index contributed by atoms with van der Waals surface area (Å²) in [5, 5.41) is 0. The van der Waals surface area contributed by atoms with Crippen LogP contribution < -0.4 is 0 Å². The second kappa shape index (κ2) is 6.53. The van der Waals surface area contributed by atoms with Gasteiger partial charge in [0.15, 0.2) is 0 Å². The van der Waals surface area contributed by atoms with E-state index in [4.69, 9.17) is 0 Å². The topological polar surface area (TPSA) is 20.3 Å². The van der Waals surface area contributed by atoms with Crippen LogP contribution in [0.3, 0.4) is 0 Å². The van der Waals surface area contributed by atoms with E-state index in [1.165, 1.54) is 6.07 Å². The zero-order valence-electron chi connectivity index (χ0n) is 13.7. The zero-order chi connectivity index (χ0) is 16.4. The molecular weight excluding hydrogens is 289 g/mol. The molecule has 1 amide bonds. The predicted octanol–water partition coefficient (Wildman–Crippen LogP) is 4.29. The van der Waals surface area contributed by atoms with Crippen molar-refractivity contribution in [3.8, 4) is 0 Å².